The van der Waals surface area contributed by atoms with Gasteiger partial charge in [-0.1, -0.05) is 37.3 Å². The van der Waals surface area contributed by atoms with Crippen LogP contribution in [0.2, 0.25) is 0 Å². The molecule has 0 N–H and O–H groups in total. The van der Waals surface area contributed by atoms with Gasteiger partial charge in [0.1, 0.15) is 0 Å². The number of hydrogen-bond donors (Lipinski definition) is 0. The van der Waals surface area contributed by atoms with Crippen molar-refractivity contribution < 1.29 is 9.47 Å². The maximum atomic E-state index is 5.79. The first-order valence-electron chi connectivity index (χ1n) is 7.76. The molecule has 0 bridgehead atoms. The zero-order valence-electron chi connectivity index (χ0n) is 12.5. The van der Waals surface area contributed by atoms with Crippen LogP contribution in [-0.4, -0.2) is 13.2 Å². The Labute approximate surface area is 122 Å². The fourth-order valence-electron chi connectivity index (χ4n) is 2.43. The first-order chi connectivity index (χ1) is 9.83. The fraction of sp³-hybridized carbons (Fsp3) is 0.556. The minimum atomic E-state index is -0.174. The van der Waals surface area contributed by atoms with Gasteiger partial charge < -0.3 is 9.47 Å². The Hall–Kier alpha value is -1.12. The van der Waals surface area contributed by atoms with E-state index in [0.717, 1.165) is 38.0 Å². The standard InChI is InChI=1S/C18H26O2/c1-3-5-6-7-8-16-9-11-17(12-10-16)18-19-13-15(4-2)14-20-18/h3,9-12,15,18H,1,4-8,13-14H2,2H3. The Morgan fingerprint density at radius 3 is 2.45 bits per heavy atom. The van der Waals surface area contributed by atoms with E-state index in [4.69, 9.17) is 9.47 Å². The fourth-order valence-corrected chi connectivity index (χ4v) is 2.43. The summed E-state index contributed by atoms with van der Waals surface area (Å²) in [4.78, 5) is 0. The van der Waals surface area contributed by atoms with Crippen molar-refractivity contribution in [2.24, 2.45) is 5.92 Å². The van der Waals surface area contributed by atoms with Crippen molar-refractivity contribution in [1.82, 2.24) is 0 Å². The summed E-state index contributed by atoms with van der Waals surface area (Å²) >= 11 is 0. The largest absolute Gasteiger partial charge is 0.348 e. The number of allylic oxidation sites excluding steroid dienone is 1. The highest BCUT2D eigenvalue weighted by atomic mass is 16.7. The maximum absolute atomic E-state index is 5.79. The lowest BCUT2D eigenvalue weighted by molar-refractivity contribution is -0.205. The van der Waals surface area contributed by atoms with Crippen molar-refractivity contribution in [2.45, 2.75) is 45.3 Å². The molecule has 1 saturated heterocycles. The molecular formula is C18H26O2. The van der Waals surface area contributed by atoms with Crippen LogP contribution in [0.5, 0.6) is 0 Å². The number of hydrogen-bond acceptors (Lipinski definition) is 2. The highest BCUT2D eigenvalue weighted by Gasteiger charge is 2.22. The van der Waals surface area contributed by atoms with Crippen LogP contribution >= 0.6 is 0 Å². The van der Waals surface area contributed by atoms with Gasteiger partial charge in [-0.05, 0) is 37.7 Å². The van der Waals surface area contributed by atoms with Crippen LogP contribution < -0.4 is 0 Å². The van der Waals surface area contributed by atoms with Gasteiger partial charge in [-0.25, -0.2) is 0 Å². The molecule has 1 fully saturated rings. The summed E-state index contributed by atoms with van der Waals surface area (Å²) in [7, 11) is 0. The molecule has 0 unspecified atom stereocenters. The van der Waals surface area contributed by atoms with Crippen LogP contribution in [0.4, 0.5) is 0 Å². The van der Waals surface area contributed by atoms with Gasteiger partial charge in [0, 0.05) is 11.5 Å². The molecule has 0 radical (unpaired) electrons. The molecule has 2 nitrogen and oxygen atoms in total. The second-order valence-electron chi connectivity index (χ2n) is 5.55. The van der Waals surface area contributed by atoms with Crippen LogP contribution in [0.15, 0.2) is 36.9 Å². The van der Waals surface area contributed by atoms with Gasteiger partial charge in [0.15, 0.2) is 6.29 Å². The molecule has 2 heteroatoms. The Morgan fingerprint density at radius 1 is 1.15 bits per heavy atom. The third-order valence-electron chi connectivity index (χ3n) is 3.92. The van der Waals surface area contributed by atoms with E-state index in [1.807, 2.05) is 6.08 Å². The molecule has 0 amide bonds. The van der Waals surface area contributed by atoms with Gasteiger partial charge in [0.2, 0.25) is 0 Å². The van der Waals surface area contributed by atoms with Crippen molar-refractivity contribution in [3.8, 4) is 0 Å². The van der Waals surface area contributed by atoms with E-state index in [0.29, 0.717) is 5.92 Å². The number of aryl methyl sites for hydroxylation is 1. The molecule has 1 heterocycles. The number of unbranched alkanes of at least 4 members (excludes halogenated alkanes) is 2. The SMILES string of the molecule is C=CCCCCc1ccc(C2OCC(CC)CO2)cc1. The predicted octanol–water partition coefficient (Wildman–Crippen LogP) is 4.66. The molecule has 2 rings (SSSR count). The van der Waals surface area contributed by atoms with Gasteiger partial charge in [0.25, 0.3) is 0 Å². The molecule has 0 atom stereocenters. The van der Waals surface area contributed by atoms with E-state index in [9.17, 15) is 0 Å². The van der Waals surface area contributed by atoms with E-state index >= 15 is 0 Å². The first-order valence-corrected chi connectivity index (χ1v) is 7.76. The molecule has 0 saturated carbocycles. The Balaban J connectivity index is 1.80. The summed E-state index contributed by atoms with van der Waals surface area (Å²) < 4.78 is 11.6. The predicted molar refractivity (Wildman–Crippen MR) is 82.6 cm³/mol. The van der Waals surface area contributed by atoms with Crippen LogP contribution in [-0.2, 0) is 15.9 Å². The van der Waals surface area contributed by atoms with E-state index in [-0.39, 0.29) is 6.29 Å². The summed E-state index contributed by atoms with van der Waals surface area (Å²) in [6.45, 7) is 7.55. The lowest BCUT2D eigenvalue weighted by atomic mass is 10.0. The van der Waals surface area contributed by atoms with E-state index < -0.39 is 0 Å². The van der Waals surface area contributed by atoms with Gasteiger partial charge >= 0.3 is 0 Å². The Bertz CT molecular complexity index is 388. The van der Waals surface area contributed by atoms with Crippen molar-refractivity contribution in [2.75, 3.05) is 13.2 Å². The monoisotopic (exact) mass is 274 g/mol. The average molecular weight is 274 g/mol. The average Bonchev–Trinajstić information content (AvgIpc) is 2.52. The van der Waals surface area contributed by atoms with Crippen LogP contribution in [0.1, 0.15) is 50.0 Å². The minimum Gasteiger partial charge on any atom is -0.348 e. The topological polar surface area (TPSA) is 18.5 Å². The normalized spacial score (nSPS) is 22.6. The molecule has 1 aromatic carbocycles. The Kier molecular flexibility index (Phi) is 6.28. The van der Waals surface area contributed by atoms with Crippen molar-refractivity contribution in [3.63, 3.8) is 0 Å². The Morgan fingerprint density at radius 2 is 1.85 bits per heavy atom. The smallest absolute Gasteiger partial charge is 0.183 e. The number of ether oxygens (including phenoxy) is 2. The number of rotatable bonds is 7. The number of benzene rings is 1. The van der Waals surface area contributed by atoms with E-state index in [1.54, 1.807) is 0 Å². The summed E-state index contributed by atoms with van der Waals surface area (Å²) in [6, 6.07) is 8.67. The summed E-state index contributed by atoms with van der Waals surface area (Å²) in [5, 5.41) is 0. The second-order valence-corrected chi connectivity index (χ2v) is 5.55. The third kappa shape index (κ3) is 4.46. The molecule has 1 aliphatic heterocycles. The highest BCUT2D eigenvalue weighted by Crippen LogP contribution is 2.26. The molecule has 1 aromatic rings. The maximum Gasteiger partial charge on any atom is 0.183 e. The van der Waals surface area contributed by atoms with Gasteiger partial charge in [-0.15, -0.1) is 6.58 Å². The van der Waals surface area contributed by atoms with Crippen LogP contribution in [0, 0.1) is 5.92 Å². The third-order valence-corrected chi connectivity index (χ3v) is 3.92. The van der Waals surface area contributed by atoms with Crippen molar-refractivity contribution >= 4 is 0 Å². The molecular weight excluding hydrogens is 248 g/mol. The van der Waals surface area contributed by atoms with E-state index in [2.05, 4.69) is 37.8 Å². The summed E-state index contributed by atoms with van der Waals surface area (Å²) in [5.41, 5.74) is 2.52. The zero-order chi connectivity index (χ0) is 14.2. The van der Waals surface area contributed by atoms with Gasteiger partial charge in [-0.3, -0.25) is 0 Å². The molecule has 1 aliphatic rings. The van der Waals surface area contributed by atoms with Crippen LogP contribution in [0.25, 0.3) is 0 Å². The first kappa shape index (κ1) is 15.3. The lowest BCUT2D eigenvalue weighted by Crippen LogP contribution is -2.26. The van der Waals surface area contributed by atoms with Gasteiger partial charge in [-0.2, -0.15) is 0 Å². The second kappa shape index (κ2) is 8.23. The lowest BCUT2D eigenvalue weighted by Gasteiger charge is -2.29. The molecule has 0 aromatic heterocycles. The molecule has 110 valence electrons. The summed E-state index contributed by atoms with van der Waals surface area (Å²) in [6.07, 6.45) is 7.63. The minimum absolute atomic E-state index is 0.174. The quantitative estimate of drug-likeness (QED) is 0.532. The molecule has 0 aliphatic carbocycles. The van der Waals surface area contributed by atoms with Crippen LogP contribution in [0.3, 0.4) is 0 Å². The molecule has 20 heavy (non-hydrogen) atoms. The van der Waals surface area contributed by atoms with Crippen molar-refractivity contribution in [3.05, 3.63) is 48.0 Å². The highest BCUT2D eigenvalue weighted by molar-refractivity contribution is 5.23. The van der Waals surface area contributed by atoms with Crippen molar-refractivity contribution in [1.29, 1.82) is 0 Å². The molecule has 0 spiro atoms. The summed E-state index contributed by atoms with van der Waals surface area (Å²) in [5.74, 6) is 0.551. The zero-order valence-corrected chi connectivity index (χ0v) is 12.5. The van der Waals surface area contributed by atoms with E-state index in [1.165, 1.54) is 18.4 Å². The van der Waals surface area contributed by atoms with Gasteiger partial charge in [0.05, 0.1) is 13.2 Å².